The number of oxime groups is 1. The standard InChI is InChI=1S/C24H31Cl2NO3/c1-13(2)19-16(25)10-15-20(21(19)26)17(27-30-12-14-6-7-14)11-18-23(15,3)8-5-9-24(18,4)22(28)29/h10,13-14,18H,5-9,11-12H2,1-4H3,(H,28,29)/b27-17+/t18-,23-,24-/m1/s1. The number of fused-ring (bicyclic) bond motifs is 3. The van der Waals surface area contributed by atoms with Crippen molar-refractivity contribution >= 4 is 34.9 Å². The molecule has 0 radical (unpaired) electrons. The van der Waals surface area contributed by atoms with E-state index in [1.54, 1.807) is 0 Å². The van der Waals surface area contributed by atoms with Gasteiger partial charge in [-0.3, -0.25) is 4.79 Å². The van der Waals surface area contributed by atoms with Crippen LogP contribution in [0.25, 0.3) is 0 Å². The molecule has 4 rings (SSSR count). The number of benzene rings is 1. The Balaban J connectivity index is 1.90. The van der Waals surface area contributed by atoms with Gasteiger partial charge in [0, 0.05) is 10.6 Å². The van der Waals surface area contributed by atoms with Crippen molar-refractivity contribution in [2.45, 2.75) is 77.6 Å². The van der Waals surface area contributed by atoms with Crippen LogP contribution >= 0.6 is 23.2 Å². The molecule has 3 aliphatic carbocycles. The minimum absolute atomic E-state index is 0.0935. The average Bonchev–Trinajstić information content (AvgIpc) is 3.47. The van der Waals surface area contributed by atoms with Gasteiger partial charge in [-0.15, -0.1) is 0 Å². The summed E-state index contributed by atoms with van der Waals surface area (Å²) in [5.41, 5.74) is 2.49. The molecule has 3 atom stereocenters. The van der Waals surface area contributed by atoms with Crippen LogP contribution in [0.4, 0.5) is 0 Å². The maximum absolute atomic E-state index is 12.4. The van der Waals surface area contributed by atoms with Crippen LogP contribution in [0.3, 0.4) is 0 Å². The van der Waals surface area contributed by atoms with Crippen molar-refractivity contribution in [3.8, 4) is 0 Å². The van der Waals surface area contributed by atoms with Crippen LogP contribution in [0.1, 0.15) is 88.8 Å². The van der Waals surface area contributed by atoms with E-state index in [4.69, 9.17) is 28.0 Å². The van der Waals surface area contributed by atoms with Gasteiger partial charge in [0.15, 0.2) is 0 Å². The Morgan fingerprint density at radius 1 is 1.30 bits per heavy atom. The van der Waals surface area contributed by atoms with Gasteiger partial charge in [-0.2, -0.15) is 0 Å². The zero-order chi connectivity index (χ0) is 21.8. The lowest BCUT2D eigenvalue weighted by Gasteiger charge is -2.53. The van der Waals surface area contributed by atoms with Gasteiger partial charge in [0.05, 0.1) is 16.1 Å². The highest BCUT2D eigenvalue weighted by Crippen LogP contribution is 2.59. The van der Waals surface area contributed by atoms with Crippen molar-refractivity contribution in [3.05, 3.63) is 32.8 Å². The molecule has 1 aromatic carbocycles. The van der Waals surface area contributed by atoms with Crippen molar-refractivity contribution in [1.82, 2.24) is 0 Å². The molecule has 0 unspecified atom stereocenters. The first kappa shape index (κ1) is 22.0. The molecule has 1 aromatic rings. The van der Waals surface area contributed by atoms with E-state index in [-0.39, 0.29) is 17.3 Å². The summed E-state index contributed by atoms with van der Waals surface area (Å²) in [5.74, 6) is -0.0705. The number of aliphatic carboxylic acids is 1. The summed E-state index contributed by atoms with van der Waals surface area (Å²) in [6.45, 7) is 8.83. The normalized spacial score (nSPS) is 32.1. The van der Waals surface area contributed by atoms with E-state index < -0.39 is 11.4 Å². The number of hydrogen-bond donors (Lipinski definition) is 1. The number of carboxylic acids is 1. The molecule has 0 bridgehead atoms. The predicted octanol–water partition coefficient (Wildman–Crippen LogP) is 6.80. The summed E-state index contributed by atoms with van der Waals surface area (Å²) >= 11 is 13.7. The second-order valence-electron chi connectivity index (χ2n) is 10.2. The number of carboxylic acid groups (broad SMARTS) is 1. The van der Waals surface area contributed by atoms with Gasteiger partial charge >= 0.3 is 5.97 Å². The summed E-state index contributed by atoms with van der Waals surface area (Å²) in [6.07, 6.45) is 5.37. The van der Waals surface area contributed by atoms with Crippen molar-refractivity contribution in [1.29, 1.82) is 0 Å². The van der Waals surface area contributed by atoms with E-state index in [0.717, 1.165) is 35.2 Å². The second-order valence-corrected chi connectivity index (χ2v) is 11.0. The molecule has 2 saturated carbocycles. The molecule has 0 spiro atoms. The summed E-state index contributed by atoms with van der Waals surface area (Å²) in [6, 6.07) is 2.02. The Bertz CT molecular complexity index is 908. The number of halogens is 2. The molecule has 30 heavy (non-hydrogen) atoms. The predicted molar refractivity (Wildman–Crippen MR) is 121 cm³/mol. The maximum Gasteiger partial charge on any atom is 0.309 e. The van der Waals surface area contributed by atoms with E-state index in [1.807, 2.05) is 13.0 Å². The fourth-order valence-electron chi connectivity index (χ4n) is 5.68. The zero-order valence-corrected chi connectivity index (χ0v) is 19.7. The highest BCUT2D eigenvalue weighted by molar-refractivity contribution is 6.39. The minimum atomic E-state index is -0.822. The molecule has 0 aliphatic heterocycles. The van der Waals surface area contributed by atoms with Crippen LogP contribution in [0, 0.1) is 17.3 Å². The third kappa shape index (κ3) is 3.44. The van der Waals surface area contributed by atoms with Crippen molar-refractivity contribution in [2.75, 3.05) is 6.61 Å². The minimum Gasteiger partial charge on any atom is -0.481 e. The SMILES string of the molecule is CC(C)c1c(Cl)cc2c(c1Cl)/C(=N/OCC1CC1)C[C@H]1[C@](C)(C(=O)O)CCC[C@]21C. The van der Waals surface area contributed by atoms with Crippen molar-refractivity contribution in [3.63, 3.8) is 0 Å². The van der Waals surface area contributed by atoms with Gasteiger partial charge in [0.1, 0.15) is 6.61 Å². The van der Waals surface area contributed by atoms with E-state index in [9.17, 15) is 9.90 Å². The summed E-state index contributed by atoms with van der Waals surface area (Å²) in [7, 11) is 0. The molecule has 1 N–H and O–H groups in total. The van der Waals surface area contributed by atoms with Crippen LogP contribution in [0.2, 0.25) is 10.0 Å². The van der Waals surface area contributed by atoms with Gasteiger partial charge in [-0.1, -0.05) is 55.5 Å². The van der Waals surface area contributed by atoms with E-state index in [2.05, 4.69) is 25.9 Å². The van der Waals surface area contributed by atoms with Crippen LogP contribution in [-0.4, -0.2) is 23.4 Å². The Labute approximate surface area is 189 Å². The molecule has 3 aliphatic rings. The molecule has 0 aromatic heterocycles. The highest BCUT2D eigenvalue weighted by Gasteiger charge is 2.57. The Morgan fingerprint density at radius 3 is 2.60 bits per heavy atom. The van der Waals surface area contributed by atoms with Gasteiger partial charge < -0.3 is 9.94 Å². The lowest BCUT2D eigenvalue weighted by atomic mass is 9.49. The molecule has 0 saturated heterocycles. The van der Waals surface area contributed by atoms with E-state index in [1.165, 1.54) is 12.8 Å². The fourth-order valence-corrected chi connectivity index (χ4v) is 6.68. The maximum atomic E-state index is 12.4. The third-order valence-corrected chi connectivity index (χ3v) is 8.44. The molecule has 4 nitrogen and oxygen atoms in total. The van der Waals surface area contributed by atoms with Gasteiger partial charge in [-0.05, 0) is 79.4 Å². The lowest BCUT2D eigenvalue weighted by Crippen LogP contribution is -2.53. The molecule has 0 heterocycles. The number of rotatable bonds is 5. The first-order valence-corrected chi connectivity index (χ1v) is 11.8. The van der Waals surface area contributed by atoms with Gasteiger partial charge in [0.25, 0.3) is 0 Å². The topological polar surface area (TPSA) is 58.9 Å². The number of nitrogens with zero attached hydrogens (tertiary/aromatic N) is 1. The highest BCUT2D eigenvalue weighted by atomic mass is 35.5. The molecular formula is C24H31Cl2NO3. The molecular weight excluding hydrogens is 421 g/mol. The largest absolute Gasteiger partial charge is 0.481 e. The zero-order valence-electron chi connectivity index (χ0n) is 18.2. The van der Waals surface area contributed by atoms with Crippen LogP contribution < -0.4 is 0 Å². The van der Waals surface area contributed by atoms with Crippen molar-refractivity contribution in [2.24, 2.45) is 22.4 Å². The van der Waals surface area contributed by atoms with Crippen LogP contribution in [-0.2, 0) is 15.0 Å². The first-order chi connectivity index (χ1) is 14.1. The Hall–Kier alpha value is -1.26. The van der Waals surface area contributed by atoms with Gasteiger partial charge in [-0.25, -0.2) is 0 Å². The van der Waals surface area contributed by atoms with Crippen LogP contribution in [0.5, 0.6) is 0 Å². The molecule has 6 heteroatoms. The van der Waals surface area contributed by atoms with Crippen molar-refractivity contribution < 1.29 is 14.7 Å². The quantitative estimate of drug-likeness (QED) is 0.500. The second kappa shape index (κ2) is 7.70. The Morgan fingerprint density at radius 2 is 2.00 bits per heavy atom. The third-order valence-electron chi connectivity index (χ3n) is 7.73. The van der Waals surface area contributed by atoms with E-state index >= 15 is 0 Å². The lowest BCUT2D eigenvalue weighted by molar-refractivity contribution is -0.156. The Kier molecular flexibility index (Phi) is 5.64. The fraction of sp³-hybridized carbons (Fsp3) is 0.667. The monoisotopic (exact) mass is 451 g/mol. The summed E-state index contributed by atoms with van der Waals surface area (Å²) in [4.78, 5) is 18.1. The van der Waals surface area contributed by atoms with E-state index in [0.29, 0.717) is 35.4 Å². The number of carbonyl (C=O) groups is 1. The molecule has 0 amide bonds. The first-order valence-electron chi connectivity index (χ1n) is 11.0. The average molecular weight is 452 g/mol. The van der Waals surface area contributed by atoms with Crippen LogP contribution in [0.15, 0.2) is 11.2 Å². The van der Waals surface area contributed by atoms with Gasteiger partial charge in [0.2, 0.25) is 0 Å². The number of hydrogen-bond acceptors (Lipinski definition) is 3. The molecule has 164 valence electrons. The summed E-state index contributed by atoms with van der Waals surface area (Å²) in [5, 5.41) is 16.0. The molecule has 2 fully saturated rings. The smallest absolute Gasteiger partial charge is 0.309 e. The summed E-state index contributed by atoms with van der Waals surface area (Å²) < 4.78 is 0.